The number of pyridine rings is 3. The Morgan fingerprint density at radius 2 is 0.919 bits per heavy atom. The molecule has 3 aromatic carbocycles. The maximum atomic E-state index is 14.0. The van der Waals surface area contributed by atoms with Crippen LogP contribution in [0.5, 0.6) is 0 Å². The number of amides is 5. The van der Waals surface area contributed by atoms with Crippen molar-refractivity contribution in [3.8, 4) is 12.6 Å². The number of benzene rings is 3. The molecule has 3 aliphatic carbocycles. The van der Waals surface area contributed by atoms with E-state index in [-0.39, 0.29) is 116 Å². The molecule has 3 saturated carbocycles. The Morgan fingerprint density at radius 1 is 0.548 bits per heavy atom. The second-order valence-corrected chi connectivity index (χ2v) is 31.3. The molecule has 14 N–H and O–H groups in total. The number of carboxylic acids is 1. The first-order valence-electron chi connectivity index (χ1n) is 39.2. The number of anilines is 3. The van der Waals surface area contributed by atoms with Crippen molar-refractivity contribution in [2.24, 2.45) is 5.73 Å². The Balaban J connectivity index is 0.000000336. The van der Waals surface area contributed by atoms with E-state index < -0.39 is 41.7 Å². The SMILES string of the molecule is C#[N+]C1CCCCC1.CC(C)(C)c1ccc(N(C(=O)c2n[nH]nc2C#N)C(C(=O)NC2CCCCC2)c2cccnc2)cc1.CC(C)(C)c1ccc(N(C(=O)c2n[nH]nc2C(N)=O)C(C(=O)NC2CCCCC2)c2cccnc2)cc1.CC(C)(C)c1ccc(N)cc1.O.O=Cc1cccnc1.[C-]#[N+]c1n[nH]nc1C(=O)O.[C-]#[N+]c1n[nH]nc1C(=O)OC.[Li+].[OH-]. The molecule has 5 amide bonds. The minimum absolute atomic E-state index is 0. The third-order valence-electron chi connectivity index (χ3n) is 19.5. The summed E-state index contributed by atoms with van der Waals surface area (Å²) in [6.45, 7) is 37.3. The van der Waals surface area contributed by atoms with Gasteiger partial charge in [0.05, 0.1) is 7.11 Å². The van der Waals surface area contributed by atoms with Crippen LogP contribution in [0.15, 0.2) is 146 Å². The number of H-pyrrole nitrogens is 4. The number of nitrogens with zero attached hydrogens (tertiary/aromatic N) is 17. The molecule has 7 heterocycles. The third-order valence-corrected chi connectivity index (χ3v) is 19.5. The number of aromatic carboxylic acids is 1. The number of aromatic amines is 4. The van der Waals surface area contributed by atoms with Crippen LogP contribution in [-0.4, -0.2) is 166 Å². The number of methoxy groups -OCH3 is 1. The number of esters is 1. The van der Waals surface area contributed by atoms with Crippen LogP contribution in [0.1, 0.15) is 267 Å². The smallest absolute Gasteiger partial charge is 0.870 e. The fourth-order valence-corrected chi connectivity index (χ4v) is 12.9. The Hall–Kier alpha value is -14.1. The normalized spacial score (nSPS) is 13.4. The number of aldehydes is 1. The topological polar surface area (TPSA) is 552 Å². The number of nitriles is 1. The molecule has 2 atom stereocenters. The van der Waals surface area contributed by atoms with Gasteiger partial charge in [-0.15, -0.1) is 41.0 Å². The predicted octanol–water partition coefficient (Wildman–Crippen LogP) is 9.58. The van der Waals surface area contributed by atoms with Gasteiger partial charge in [-0.1, -0.05) is 174 Å². The van der Waals surface area contributed by atoms with Crippen LogP contribution < -0.4 is 50.8 Å². The van der Waals surface area contributed by atoms with Crippen LogP contribution in [0, 0.1) is 31.0 Å². The van der Waals surface area contributed by atoms with E-state index in [4.69, 9.17) is 36.3 Å². The van der Waals surface area contributed by atoms with Gasteiger partial charge in [-0.05, 0) is 142 Å². The number of carbonyl (C=O) groups is 8. The van der Waals surface area contributed by atoms with Gasteiger partial charge in [-0.25, -0.2) is 9.59 Å². The molecule has 124 heavy (non-hydrogen) atoms. The van der Waals surface area contributed by atoms with E-state index >= 15 is 0 Å². The van der Waals surface area contributed by atoms with Crippen LogP contribution in [0.25, 0.3) is 14.5 Å². The van der Waals surface area contributed by atoms with Crippen molar-refractivity contribution in [1.29, 1.82) is 5.26 Å². The Kier molecular flexibility index (Phi) is 41.4. The summed E-state index contributed by atoms with van der Waals surface area (Å²) in [6, 6.07) is 33.8. The zero-order chi connectivity index (χ0) is 88.2. The number of nitrogens with two attached hydrogens (primary N) is 2. The van der Waals surface area contributed by atoms with E-state index in [2.05, 4.69) is 176 Å². The molecule has 10 aromatic rings. The average molecular weight is 1690 g/mol. The first-order chi connectivity index (χ1) is 57.9. The van der Waals surface area contributed by atoms with E-state index in [9.17, 15) is 43.6 Å². The van der Waals surface area contributed by atoms with Crippen LogP contribution in [-0.2, 0) is 30.6 Å². The minimum Gasteiger partial charge on any atom is -0.870 e. The van der Waals surface area contributed by atoms with Gasteiger partial charge in [0.2, 0.25) is 23.2 Å². The second kappa shape index (κ2) is 50.2. The molecule has 13 rings (SSSR count). The molecular weight excluding hydrogens is 1580 g/mol. The van der Waals surface area contributed by atoms with E-state index in [0.717, 1.165) is 87.3 Å². The Morgan fingerprint density at radius 3 is 1.27 bits per heavy atom. The van der Waals surface area contributed by atoms with E-state index in [1.165, 1.54) is 60.8 Å². The summed E-state index contributed by atoms with van der Waals surface area (Å²) in [5.41, 5.74) is 16.8. The van der Waals surface area contributed by atoms with Crippen molar-refractivity contribution in [3.05, 3.63) is 242 Å². The molecule has 646 valence electrons. The molecule has 0 spiro atoms. The number of nitrogen functional groups attached to an aromatic ring is 1. The zero-order valence-electron chi connectivity index (χ0n) is 71.3. The van der Waals surface area contributed by atoms with Gasteiger partial charge in [0, 0.05) is 95.9 Å². The monoisotopic (exact) mass is 1690 g/mol. The Labute approximate surface area is 730 Å². The van der Waals surface area contributed by atoms with Crippen molar-refractivity contribution in [1.82, 2.24) is 87.2 Å². The summed E-state index contributed by atoms with van der Waals surface area (Å²) in [5.74, 6) is -5.02. The summed E-state index contributed by atoms with van der Waals surface area (Å²) in [6.07, 6.45) is 26.8. The molecular formula is C86H105LiN25O12+. The molecule has 38 heteroatoms. The van der Waals surface area contributed by atoms with E-state index in [0.29, 0.717) is 34.1 Å². The second-order valence-electron chi connectivity index (χ2n) is 31.3. The molecule has 2 unspecified atom stereocenters. The minimum atomic E-state index is -1.25. The number of hydrogen-bond acceptors (Lipinski definition) is 23. The number of aromatic nitrogens is 15. The van der Waals surface area contributed by atoms with Crippen molar-refractivity contribution in [2.45, 2.75) is 205 Å². The third kappa shape index (κ3) is 30.3. The molecule has 3 aliphatic rings. The maximum Gasteiger partial charge on any atom is 1.00 e. The summed E-state index contributed by atoms with van der Waals surface area (Å²) < 4.78 is 4.33. The van der Waals surface area contributed by atoms with Crippen molar-refractivity contribution < 1.29 is 78.0 Å². The molecule has 7 aromatic heterocycles. The summed E-state index contributed by atoms with van der Waals surface area (Å²) >= 11 is 0. The van der Waals surface area contributed by atoms with Crippen LogP contribution in [0.2, 0.25) is 0 Å². The summed E-state index contributed by atoms with van der Waals surface area (Å²) in [5, 5.41) is 61.7. The molecule has 3 fully saturated rings. The van der Waals surface area contributed by atoms with Gasteiger partial charge < -0.3 is 52.6 Å². The molecule has 0 radical (unpaired) electrons. The maximum absolute atomic E-state index is 14.0. The largest absolute Gasteiger partial charge is 1.00 e. The zero-order valence-corrected chi connectivity index (χ0v) is 71.3. The summed E-state index contributed by atoms with van der Waals surface area (Å²) in [4.78, 5) is 123. The number of carbonyl (C=O) groups excluding carboxylic acids is 7. The number of ether oxygens (including phenoxy) is 1. The summed E-state index contributed by atoms with van der Waals surface area (Å²) in [7, 11) is 1.21. The van der Waals surface area contributed by atoms with Crippen LogP contribution >= 0.6 is 0 Å². The van der Waals surface area contributed by atoms with Gasteiger partial charge >= 0.3 is 42.4 Å². The standard InChI is InChI=1S/C27H33N7O3.C27H31N7O2.C10H15N.C7H12N.C6H5NO.C5H4N4O2.C4H2N4O2.Li.2H2O/c1-27(2,3)18-11-13-20(14-12-18)34(26(37)22-21(24(28)35)31-33-32-22)23(17-8-7-15-29-16-17)25(36)30-19-9-5-4-6-10-19;1-27(2,3)19-11-13-21(14-12-19)34(26(36)23-22(16-28)31-33-32-23)24(18-8-7-15-29-17-18)25(35)30-20-9-5-4-6-10-20;1-10(2,3)8-4-6-9(11)7-5-8;1-8-7-5-3-2-4-6-7;8-5-6-2-1-3-7-4-6;1-6-4-3(5(10)11-2)7-9-8-4;1-5-3-2(4(9)10)6-8-7-3;;;/h7-8,11-16,19,23H,4-6,9-10H2,1-3H3,(H2,28,35)(H,30,36)(H,31,32,33);7-8,11-15,17,20,24H,4-6,9-10H2,1-3H3,(H,30,35)(H,31,32,33);4-7H,11H2,1-3H3;1,7H,2-6H2;1-5H;2H3,(H,7,8,9);(H,9,10)(H,6,7,8);;2*1H2/q;;;+1;;;;+1;;/p-1. The van der Waals surface area contributed by atoms with Gasteiger partial charge in [-0.3, -0.25) is 53.5 Å². The number of hydrogen-bond donors (Lipinski definition) is 9. The fourth-order valence-electron chi connectivity index (χ4n) is 12.9. The Bertz CT molecular complexity index is 5200. The first kappa shape index (κ1) is 102. The van der Waals surface area contributed by atoms with E-state index in [1.807, 2.05) is 59.8 Å². The molecule has 0 bridgehead atoms. The van der Waals surface area contributed by atoms with E-state index in [1.54, 1.807) is 79.5 Å². The van der Waals surface area contributed by atoms with Crippen molar-refractivity contribution in [3.63, 3.8) is 0 Å². The van der Waals surface area contributed by atoms with Gasteiger partial charge in [0.25, 0.3) is 30.3 Å². The van der Waals surface area contributed by atoms with Crippen LogP contribution in [0.3, 0.4) is 0 Å². The van der Waals surface area contributed by atoms with Gasteiger partial charge in [0.15, 0.2) is 29.1 Å². The van der Waals surface area contributed by atoms with Crippen molar-refractivity contribution in [2.75, 3.05) is 22.6 Å². The fraction of sp³-hybridized carbons (Fsp3) is 0.384. The number of rotatable bonds is 16. The van der Waals surface area contributed by atoms with Crippen molar-refractivity contribution >= 4 is 76.5 Å². The molecule has 37 nitrogen and oxygen atoms in total. The molecule has 0 aliphatic heterocycles. The number of primary amides is 1. The quantitative estimate of drug-likeness (QED) is 0.0143. The average Bonchev–Trinajstić information content (AvgIpc) is 1.08. The van der Waals surface area contributed by atoms with Gasteiger partial charge in [0.1, 0.15) is 18.2 Å². The van der Waals surface area contributed by atoms with Crippen LogP contribution in [0.4, 0.5) is 28.7 Å². The number of carboxylic acid groups (broad SMARTS) is 1. The predicted molar refractivity (Wildman–Crippen MR) is 457 cm³/mol. The first-order valence-corrected chi connectivity index (χ1v) is 39.2. The number of nitrogens with one attached hydrogen (secondary N) is 6. The van der Waals surface area contributed by atoms with Gasteiger partial charge in [-0.2, -0.15) is 15.7 Å². The molecule has 0 saturated heterocycles.